The highest BCUT2D eigenvalue weighted by molar-refractivity contribution is 7.92. The van der Waals surface area contributed by atoms with E-state index in [4.69, 9.17) is 4.42 Å². The minimum Gasteiger partial charge on any atom is -0.419 e. The SMILES string of the molecule is Cc1ccc(NS(=O)(=O)c2c(C)[nH]c(-c3nnc(C4CCC4)o3)c2C)cc1. The van der Waals surface area contributed by atoms with Crippen LogP contribution in [0.3, 0.4) is 0 Å². The summed E-state index contributed by atoms with van der Waals surface area (Å²) in [5, 5.41) is 8.25. The largest absolute Gasteiger partial charge is 0.419 e. The summed E-state index contributed by atoms with van der Waals surface area (Å²) in [5.74, 6) is 1.29. The van der Waals surface area contributed by atoms with Crippen LogP contribution in [0.15, 0.2) is 33.6 Å². The van der Waals surface area contributed by atoms with Crippen LogP contribution in [-0.2, 0) is 10.0 Å². The lowest BCUT2D eigenvalue weighted by atomic mass is 9.85. The molecule has 7 nitrogen and oxygen atoms in total. The molecule has 1 aliphatic carbocycles. The van der Waals surface area contributed by atoms with Crippen molar-refractivity contribution >= 4 is 15.7 Å². The Morgan fingerprint density at radius 3 is 2.44 bits per heavy atom. The van der Waals surface area contributed by atoms with Gasteiger partial charge in [-0.3, -0.25) is 4.72 Å². The van der Waals surface area contributed by atoms with Crippen molar-refractivity contribution in [1.29, 1.82) is 0 Å². The number of aromatic amines is 1. The van der Waals surface area contributed by atoms with Gasteiger partial charge in [0.05, 0.1) is 0 Å². The van der Waals surface area contributed by atoms with E-state index in [1.807, 2.05) is 19.1 Å². The molecule has 0 spiro atoms. The molecule has 0 amide bonds. The number of H-pyrrole nitrogens is 1. The van der Waals surface area contributed by atoms with Crippen LogP contribution in [0.2, 0.25) is 0 Å². The Morgan fingerprint density at radius 2 is 1.81 bits per heavy atom. The van der Waals surface area contributed by atoms with E-state index in [0.717, 1.165) is 18.4 Å². The molecule has 1 aromatic carbocycles. The molecule has 3 aromatic rings. The van der Waals surface area contributed by atoms with Gasteiger partial charge in [0.1, 0.15) is 10.6 Å². The minimum absolute atomic E-state index is 0.210. The molecule has 1 aliphatic rings. The van der Waals surface area contributed by atoms with Gasteiger partial charge in [0.2, 0.25) is 5.89 Å². The van der Waals surface area contributed by atoms with Crippen molar-refractivity contribution in [1.82, 2.24) is 15.2 Å². The molecule has 0 bridgehead atoms. The average Bonchev–Trinajstić information content (AvgIpc) is 3.12. The predicted molar refractivity (Wildman–Crippen MR) is 102 cm³/mol. The summed E-state index contributed by atoms with van der Waals surface area (Å²) in [7, 11) is -3.75. The van der Waals surface area contributed by atoms with E-state index in [2.05, 4.69) is 19.9 Å². The number of hydrogen-bond donors (Lipinski definition) is 2. The van der Waals surface area contributed by atoms with Crippen LogP contribution in [-0.4, -0.2) is 23.6 Å². The van der Waals surface area contributed by atoms with Crippen LogP contribution in [0.4, 0.5) is 5.69 Å². The first-order chi connectivity index (χ1) is 12.8. The average molecular weight is 386 g/mol. The lowest BCUT2D eigenvalue weighted by Crippen LogP contribution is -2.14. The Kier molecular flexibility index (Phi) is 4.30. The second-order valence-electron chi connectivity index (χ2n) is 7.12. The molecular formula is C19H22N4O3S. The Balaban J connectivity index is 1.67. The van der Waals surface area contributed by atoms with E-state index in [-0.39, 0.29) is 4.90 Å². The predicted octanol–water partition coefficient (Wildman–Crippen LogP) is 4.06. The third-order valence-electron chi connectivity index (χ3n) is 5.05. The Hall–Kier alpha value is -2.61. The monoisotopic (exact) mass is 386 g/mol. The quantitative estimate of drug-likeness (QED) is 0.689. The van der Waals surface area contributed by atoms with Crippen molar-refractivity contribution in [3.05, 3.63) is 47.0 Å². The molecule has 142 valence electrons. The van der Waals surface area contributed by atoms with Gasteiger partial charge in [-0.05, 0) is 45.7 Å². The molecule has 1 saturated carbocycles. The summed E-state index contributed by atoms with van der Waals surface area (Å²) < 4.78 is 34.3. The maximum absolute atomic E-state index is 12.9. The van der Waals surface area contributed by atoms with Crippen LogP contribution in [0.5, 0.6) is 0 Å². The number of rotatable bonds is 5. The van der Waals surface area contributed by atoms with Crippen molar-refractivity contribution in [3.63, 3.8) is 0 Å². The maximum atomic E-state index is 12.9. The normalized spacial score (nSPS) is 14.9. The summed E-state index contributed by atoms with van der Waals surface area (Å²) in [6.45, 7) is 5.42. The molecule has 0 atom stereocenters. The molecular weight excluding hydrogens is 364 g/mol. The highest BCUT2D eigenvalue weighted by atomic mass is 32.2. The molecule has 4 rings (SSSR count). The second-order valence-corrected chi connectivity index (χ2v) is 8.74. The Labute approximate surface area is 158 Å². The van der Waals surface area contributed by atoms with E-state index >= 15 is 0 Å². The van der Waals surface area contributed by atoms with Crippen molar-refractivity contribution < 1.29 is 12.8 Å². The number of sulfonamides is 1. The molecule has 1 fully saturated rings. The van der Waals surface area contributed by atoms with Gasteiger partial charge in [0.15, 0.2) is 0 Å². The second kappa shape index (κ2) is 6.53. The van der Waals surface area contributed by atoms with Crippen LogP contribution in [0.25, 0.3) is 11.6 Å². The standard InChI is InChI=1S/C19H22N4O3S/c1-11-7-9-15(10-8-11)23-27(24,25)17-12(2)16(20-13(17)3)19-22-21-18(26-19)14-5-4-6-14/h7-10,14,20,23H,4-6H2,1-3H3. The van der Waals surface area contributed by atoms with Crippen molar-refractivity contribution in [3.8, 4) is 11.6 Å². The smallest absolute Gasteiger partial charge is 0.264 e. The van der Waals surface area contributed by atoms with Gasteiger partial charge in [0, 0.05) is 22.9 Å². The molecule has 0 unspecified atom stereocenters. The molecule has 8 heteroatoms. The summed E-state index contributed by atoms with van der Waals surface area (Å²) in [6.07, 6.45) is 3.30. The fourth-order valence-corrected chi connectivity index (χ4v) is 4.84. The number of aryl methyl sites for hydroxylation is 2. The first kappa shape index (κ1) is 17.8. The summed E-state index contributed by atoms with van der Waals surface area (Å²) in [6, 6.07) is 7.21. The molecule has 2 heterocycles. The third-order valence-corrected chi connectivity index (χ3v) is 6.70. The third kappa shape index (κ3) is 3.25. The topological polar surface area (TPSA) is 101 Å². The summed E-state index contributed by atoms with van der Waals surface area (Å²) in [5.41, 5.74) is 3.23. The zero-order valence-electron chi connectivity index (χ0n) is 15.5. The van der Waals surface area contributed by atoms with Crippen LogP contribution >= 0.6 is 0 Å². The van der Waals surface area contributed by atoms with E-state index in [1.54, 1.807) is 26.0 Å². The first-order valence-electron chi connectivity index (χ1n) is 8.97. The zero-order chi connectivity index (χ0) is 19.2. The molecule has 2 aromatic heterocycles. The van der Waals surface area contributed by atoms with Gasteiger partial charge >= 0.3 is 0 Å². The van der Waals surface area contributed by atoms with Crippen LogP contribution in [0, 0.1) is 20.8 Å². The molecule has 0 aliphatic heterocycles. The van der Waals surface area contributed by atoms with E-state index < -0.39 is 10.0 Å². The number of benzene rings is 1. The lowest BCUT2D eigenvalue weighted by molar-refractivity contribution is 0.338. The van der Waals surface area contributed by atoms with E-state index in [1.165, 1.54) is 6.42 Å². The van der Waals surface area contributed by atoms with E-state index in [0.29, 0.717) is 40.3 Å². The summed E-state index contributed by atoms with van der Waals surface area (Å²) >= 11 is 0. The number of nitrogens with zero attached hydrogens (tertiary/aromatic N) is 2. The van der Waals surface area contributed by atoms with Gasteiger partial charge in [-0.15, -0.1) is 10.2 Å². The minimum atomic E-state index is -3.75. The van der Waals surface area contributed by atoms with Gasteiger partial charge in [-0.2, -0.15) is 0 Å². The van der Waals surface area contributed by atoms with E-state index in [9.17, 15) is 8.42 Å². The fourth-order valence-electron chi connectivity index (χ4n) is 3.33. The zero-order valence-corrected chi connectivity index (χ0v) is 16.4. The van der Waals surface area contributed by atoms with Crippen molar-refractivity contribution in [2.24, 2.45) is 0 Å². The number of aromatic nitrogens is 3. The highest BCUT2D eigenvalue weighted by Crippen LogP contribution is 2.37. The Morgan fingerprint density at radius 1 is 1.11 bits per heavy atom. The van der Waals surface area contributed by atoms with Gasteiger partial charge in [0.25, 0.3) is 15.9 Å². The molecule has 0 saturated heterocycles. The number of nitrogens with one attached hydrogen (secondary N) is 2. The van der Waals surface area contributed by atoms with Crippen molar-refractivity contribution in [2.75, 3.05) is 4.72 Å². The Bertz CT molecular complexity index is 1080. The molecule has 2 N–H and O–H groups in total. The molecule has 27 heavy (non-hydrogen) atoms. The maximum Gasteiger partial charge on any atom is 0.264 e. The summed E-state index contributed by atoms with van der Waals surface area (Å²) in [4.78, 5) is 3.31. The first-order valence-corrected chi connectivity index (χ1v) is 10.5. The van der Waals surface area contributed by atoms with Gasteiger partial charge in [-0.25, -0.2) is 8.42 Å². The highest BCUT2D eigenvalue weighted by Gasteiger charge is 2.29. The number of hydrogen-bond acceptors (Lipinski definition) is 5. The van der Waals surface area contributed by atoms with Gasteiger partial charge in [-0.1, -0.05) is 24.1 Å². The fraction of sp³-hybridized carbons (Fsp3) is 0.368. The lowest BCUT2D eigenvalue weighted by Gasteiger charge is -2.20. The van der Waals surface area contributed by atoms with Gasteiger partial charge < -0.3 is 9.40 Å². The van der Waals surface area contributed by atoms with Crippen LogP contribution < -0.4 is 4.72 Å². The molecule has 0 radical (unpaired) electrons. The van der Waals surface area contributed by atoms with Crippen LogP contribution in [0.1, 0.15) is 47.9 Å². The van der Waals surface area contributed by atoms with Crippen molar-refractivity contribution in [2.45, 2.75) is 50.8 Å². The number of anilines is 1.